The van der Waals surface area contributed by atoms with Crippen LogP contribution in [0.25, 0.3) is 0 Å². The Balaban J connectivity index is 2.32. The van der Waals surface area contributed by atoms with Crippen molar-refractivity contribution in [1.82, 2.24) is 9.80 Å². The molecule has 0 radical (unpaired) electrons. The number of hydrogen-bond acceptors (Lipinski definition) is 3. The Kier molecular flexibility index (Phi) is 3.43. The Morgan fingerprint density at radius 2 is 2.42 bits per heavy atom. The molecular formula is C8H17N3S. The predicted molar refractivity (Wildman–Crippen MR) is 55.3 cm³/mol. The number of rotatable bonds is 3. The van der Waals surface area contributed by atoms with Gasteiger partial charge in [0, 0.05) is 19.1 Å². The molecule has 1 aliphatic heterocycles. The van der Waals surface area contributed by atoms with Crippen LogP contribution >= 0.6 is 12.2 Å². The second-order valence-corrected chi connectivity index (χ2v) is 4.11. The molecule has 12 heavy (non-hydrogen) atoms. The lowest BCUT2D eigenvalue weighted by atomic mass is 10.2. The summed E-state index contributed by atoms with van der Waals surface area (Å²) in [6, 6.07) is 0.636. The van der Waals surface area contributed by atoms with Crippen molar-refractivity contribution in [1.29, 1.82) is 0 Å². The lowest BCUT2D eigenvalue weighted by Crippen LogP contribution is -2.39. The van der Waals surface area contributed by atoms with Crippen molar-refractivity contribution in [2.75, 3.05) is 33.7 Å². The van der Waals surface area contributed by atoms with Gasteiger partial charge in [0.05, 0.1) is 4.99 Å². The highest BCUT2D eigenvalue weighted by atomic mass is 32.1. The minimum Gasteiger partial charge on any atom is -0.392 e. The summed E-state index contributed by atoms with van der Waals surface area (Å²) in [6.07, 6.45) is 1.23. The highest BCUT2D eigenvalue weighted by molar-refractivity contribution is 7.80. The second kappa shape index (κ2) is 4.16. The van der Waals surface area contributed by atoms with E-state index in [-0.39, 0.29) is 0 Å². The van der Waals surface area contributed by atoms with Crippen molar-refractivity contribution < 1.29 is 0 Å². The van der Waals surface area contributed by atoms with Crippen LogP contribution in [0, 0.1) is 0 Å². The van der Waals surface area contributed by atoms with E-state index in [2.05, 4.69) is 23.9 Å². The maximum Gasteiger partial charge on any atom is 0.0870 e. The Morgan fingerprint density at radius 1 is 1.75 bits per heavy atom. The molecule has 1 saturated heterocycles. The number of likely N-dealkylation sites (tertiary alicyclic amines) is 1. The lowest BCUT2D eigenvalue weighted by molar-refractivity contribution is 0.271. The van der Waals surface area contributed by atoms with Gasteiger partial charge < -0.3 is 10.6 Å². The van der Waals surface area contributed by atoms with E-state index in [9.17, 15) is 0 Å². The molecule has 1 fully saturated rings. The van der Waals surface area contributed by atoms with Crippen LogP contribution in [0.3, 0.4) is 0 Å². The molecule has 0 bridgehead atoms. The van der Waals surface area contributed by atoms with E-state index < -0.39 is 0 Å². The third-order valence-corrected chi connectivity index (χ3v) is 2.52. The fourth-order valence-electron chi connectivity index (χ4n) is 1.65. The average Bonchev–Trinajstić information content (AvgIpc) is 2.34. The van der Waals surface area contributed by atoms with Gasteiger partial charge in [-0.1, -0.05) is 12.2 Å². The van der Waals surface area contributed by atoms with Crippen LogP contribution < -0.4 is 5.73 Å². The molecule has 1 atom stereocenters. The van der Waals surface area contributed by atoms with Crippen molar-refractivity contribution in [3.05, 3.63) is 0 Å². The number of nitrogens with zero attached hydrogens (tertiary/aromatic N) is 2. The highest BCUT2D eigenvalue weighted by Gasteiger charge is 2.22. The van der Waals surface area contributed by atoms with Gasteiger partial charge in [0.25, 0.3) is 0 Å². The molecule has 3 nitrogen and oxygen atoms in total. The van der Waals surface area contributed by atoms with Gasteiger partial charge in [0.1, 0.15) is 0 Å². The number of likely N-dealkylation sites (N-methyl/N-ethyl adjacent to an activating group) is 2. The van der Waals surface area contributed by atoms with E-state index in [0.29, 0.717) is 11.0 Å². The van der Waals surface area contributed by atoms with Crippen LogP contribution in [-0.4, -0.2) is 54.6 Å². The molecular weight excluding hydrogens is 170 g/mol. The van der Waals surface area contributed by atoms with Gasteiger partial charge in [-0.25, -0.2) is 0 Å². The normalized spacial score (nSPS) is 25.1. The third-order valence-electron chi connectivity index (χ3n) is 2.40. The zero-order valence-corrected chi connectivity index (χ0v) is 8.60. The SMILES string of the molecule is CN1CCC(N(C)CC(N)=S)C1. The van der Waals surface area contributed by atoms with Gasteiger partial charge in [0.15, 0.2) is 0 Å². The molecule has 1 heterocycles. The largest absolute Gasteiger partial charge is 0.392 e. The standard InChI is InChI=1S/C8H17N3S/c1-10-4-3-7(5-10)11(2)6-8(9)12/h7H,3-6H2,1-2H3,(H2,9,12). The summed E-state index contributed by atoms with van der Waals surface area (Å²) in [5, 5.41) is 0. The summed E-state index contributed by atoms with van der Waals surface area (Å²) in [5.74, 6) is 0. The second-order valence-electron chi connectivity index (χ2n) is 3.59. The monoisotopic (exact) mass is 187 g/mol. The first kappa shape index (κ1) is 9.89. The fraction of sp³-hybridized carbons (Fsp3) is 0.875. The zero-order valence-electron chi connectivity index (χ0n) is 7.79. The molecule has 70 valence electrons. The van der Waals surface area contributed by atoms with E-state index in [0.717, 1.165) is 13.1 Å². The summed E-state index contributed by atoms with van der Waals surface area (Å²) in [5.41, 5.74) is 5.47. The highest BCUT2D eigenvalue weighted by Crippen LogP contribution is 2.11. The molecule has 1 unspecified atom stereocenters. The van der Waals surface area contributed by atoms with Crippen molar-refractivity contribution in [2.45, 2.75) is 12.5 Å². The molecule has 1 aliphatic rings. The molecule has 0 aliphatic carbocycles. The molecule has 0 saturated carbocycles. The molecule has 0 aromatic rings. The third kappa shape index (κ3) is 2.69. The Hall–Kier alpha value is -0.190. The quantitative estimate of drug-likeness (QED) is 0.626. The summed E-state index contributed by atoms with van der Waals surface area (Å²) < 4.78 is 0. The van der Waals surface area contributed by atoms with Crippen LogP contribution in [0.15, 0.2) is 0 Å². The van der Waals surface area contributed by atoms with E-state index in [1.165, 1.54) is 13.0 Å². The number of nitrogens with two attached hydrogens (primary N) is 1. The van der Waals surface area contributed by atoms with Crippen molar-refractivity contribution >= 4 is 17.2 Å². The molecule has 0 aromatic carbocycles. The zero-order chi connectivity index (χ0) is 9.14. The van der Waals surface area contributed by atoms with Crippen LogP contribution in [0.4, 0.5) is 0 Å². The van der Waals surface area contributed by atoms with Crippen LogP contribution in [0.2, 0.25) is 0 Å². The van der Waals surface area contributed by atoms with Gasteiger partial charge >= 0.3 is 0 Å². The molecule has 1 rings (SSSR count). The van der Waals surface area contributed by atoms with E-state index in [1.807, 2.05) is 0 Å². The summed E-state index contributed by atoms with van der Waals surface area (Å²) in [4.78, 5) is 5.17. The maximum absolute atomic E-state index is 5.47. The van der Waals surface area contributed by atoms with Crippen LogP contribution in [0.5, 0.6) is 0 Å². The Morgan fingerprint density at radius 3 is 2.83 bits per heavy atom. The number of hydrogen-bond donors (Lipinski definition) is 1. The van der Waals surface area contributed by atoms with Gasteiger partial charge in [-0.2, -0.15) is 0 Å². The first-order chi connectivity index (χ1) is 5.59. The smallest absolute Gasteiger partial charge is 0.0870 e. The minimum absolute atomic E-state index is 0.590. The summed E-state index contributed by atoms with van der Waals surface area (Å²) >= 11 is 4.86. The van der Waals surface area contributed by atoms with Crippen LogP contribution in [0.1, 0.15) is 6.42 Å². The van der Waals surface area contributed by atoms with E-state index >= 15 is 0 Å². The van der Waals surface area contributed by atoms with E-state index in [4.69, 9.17) is 18.0 Å². The average molecular weight is 187 g/mol. The molecule has 2 N–H and O–H groups in total. The van der Waals surface area contributed by atoms with Gasteiger partial charge in [-0.3, -0.25) is 4.90 Å². The van der Waals surface area contributed by atoms with Gasteiger partial charge in [-0.05, 0) is 27.1 Å². The molecule has 4 heteroatoms. The van der Waals surface area contributed by atoms with Gasteiger partial charge in [-0.15, -0.1) is 0 Å². The van der Waals surface area contributed by atoms with Crippen molar-refractivity contribution in [3.8, 4) is 0 Å². The molecule has 0 spiro atoms. The van der Waals surface area contributed by atoms with Crippen LogP contribution in [-0.2, 0) is 0 Å². The lowest BCUT2D eigenvalue weighted by Gasteiger charge is -2.23. The molecule has 0 amide bonds. The minimum atomic E-state index is 0.590. The predicted octanol–water partition coefficient (Wildman–Crippen LogP) is -0.0916. The Bertz CT molecular complexity index is 172. The topological polar surface area (TPSA) is 32.5 Å². The first-order valence-corrected chi connectivity index (χ1v) is 4.67. The first-order valence-electron chi connectivity index (χ1n) is 4.26. The summed E-state index contributed by atoms with van der Waals surface area (Å²) in [7, 11) is 4.23. The Labute approximate surface area is 79.5 Å². The number of thiocarbonyl (C=S) groups is 1. The molecule has 0 aromatic heterocycles. The van der Waals surface area contributed by atoms with E-state index in [1.54, 1.807) is 0 Å². The maximum atomic E-state index is 5.47. The van der Waals surface area contributed by atoms with Gasteiger partial charge in [0.2, 0.25) is 0 Å². The summed E-state index contributed by atoms with van der Waals surface area (Å²) in [6.45, 7) is 3.07. The fourth-order valence-corrected chi connectivity index (χ4v) is 1.85. The van der Waals surface area contributed by atoms with Crippen molar-refractivity contribution in [2.24, 2.45) is 5.73 Å². The van der Waals surface area contributed by atoms with Crippen molar-refractivity contribution in [3.63, 3.8) is 0 Å².